The topological polar surface area (TPSA) is 87.9 Å². The number of aryl methyl sites for hydroxylation is 1. The number of rotatable bonds is 9. The van der Waals surface area contributed by atoms with Gasteiger partial charge in [-0.15, -0.1) is 0 Å². The number of aliphatic hydroxyl groups is 1. The van der Waals surface area contributed by atoms with Crippen molar-refractivity contribution in [2.75, 3.05) is 23.8 Å². The Balaban J connectivity index is 1.89. The third-order valence-corrected chi connectivity index (χ3v) is 3.96. The third kappa shape index (κ3) is 4.26. The third-order valence-electron chi connectivity index (χ3n) is 3.96. The second-order valence-electron chi connectivity index (χ2n) is 5.99. The van der Waals surface area contributed by atoms with Crippen molar-refractivity contribution in [3.63, 3.8) is 0 Å². The average molecular weight is 358 g/mol. The standard InChI is InChI=1S/C18H23FN6O/c1-2-3-8-25-12-22-15-16(21-11-13-5-4-6-14(19)10-13)23-18(20-7-9-26)24-17(15)25/h4-6,10,12,26H,2-3,7-9,11H2,1H3,(H2,20,21,23,24). The summed E-state index contributed by atoms with van der Waals surface area (Å²) in [5, 5.41) is 15.2. The van der Waals surface area contributed by atoms with Gasteiger partial charge in [0.15, 0.2) is 17.0 Å². The molecule has 0 saturated carbocycles. The van der Waals surface area contributed by atoms with E-state index in [2.05, 4.69) is 32.5 Å². The largest absolute Gasteiger partial charge is 0.395 e. The average Bonchev–Trinajstić information content (AvgIpc) is 3.06. The number of fused-ring (bicyclic) bond motifs is 1. The van der Waals surface area contributed by atoms with Gasteiger partial charge < -0.3 is 20.3 Å². The number of benzene rings is 1. The summed E-state index contributed by atoms with van der Waals surface area (Å²) in [5.41, 5.74) is 2.22. The molecule has 0 aliphatic heterocycles. The minimum absolute atomic E-state index is 0.0114. The Morgan fingerprint density at radius 3 is 2.88 bits per heavy atom. The Bertz CT molecular complexity index is 866. The lowest BCUT2D eigenvalue weighted by Gasteiger charge is -2.10. The number of anilines is 2. The zero-order chi connectivity index (χ0) is 18.4. The van der Waals surface area contributed by atoms with Crippen molar-refractivity contribution in [3.05, 3.63) is 42.0 Å². The normalized spacial score (nSPS) is 11.0. The van der Waals surface area contributed by atoms with Crippen LogP contribution in [0.15, 0.2) is 30.6 Å². The molecule has 0 unspecified atom stereocenters. The van der Waals surface area contributed by atoms with Crippen molar-refractivity contribution in [2.45, 2.75) is 32.9 Å². The quantitative estimate of drug-likeness (QED) is 0.545. The van der Waals surface area contributed by atoms with E-state index in [0.29, 0.717) is 30.4 Å². The number of imidazole rings is 1. The van der Waals surface area contributed by atoms with E-state index in [1.807, 2.05) is 10.6 Å². The minimum atomic E-state index is -0.272. The van der Waals surface area contributed by atoms with Crippen LogP contribution in [0.25, 0.3) is 11.2 Å². The maximum atomic E-state index is 13.4. The lowest BCUT2D eigenvalue weighted by Crippen LogP contribution is -2.11. The monoisotopic (exact) mass is 358 g/mol. The lowest BCUT2D eigenvalue weighted by molar-refractivity contribution is 0.311. The van der Waals surface area contributed by atoms with Crippen LogP contribution in [0.2, 0.25) is 0 Å². The second kappa shape index (κ2) is 8.57. The summed E-state index contributed by atoms with van der Waals surface area (Å²) in [6.45, 7) is 3.73. The van der Waals surface area contributed by atoms with Gasteiger partial charge in [0, 0.05) is 19.6 Å². The molecule has 0 fully saturated rings. The molecule has 3 aromatic rings. The van der Waals surface area contributed by atoms with Crippen LogP contribution >= 0.6 is 0 Å². The maximum absolute atomic E-state index is 13.4. The molecule has 0 saturated heterocycles. The fraction of sp³-hybridized carbons (Fsp3) is 0.389. The van der Waals surface area contributed by atoms with Crippen LogP contribution in [0, 0.1) is 5.82 Å². The summed E-state index contributed by atoms with van der Waals surface area (Å²) >= 11 is 0. The van der Waals surface area contributed by atoms with Gasteiger partial charge in [0.2, 0.25) is 5.95 Å². The van der Waals surface area contributed by atoms with E-state index < -0.39 is 0 Å². The SMILES string of the molecule is CCCCn1cnc2c(NCc3cccc(F)c3)nc(NCCO)nc21. The number of halogens is 1. The summed E-state index contributed by atoms with van der Waals surface area (Å²) in [6.07, 6.45) is 3.87. The molecule has 0 spiro atoms. The molecule has 26 heavy (non-hydrogen) atoms. The lowest BCUT2D eigenvalue weighted by atomic mass is 10.2. The molecular formula is C18H23FN6O. The molecule has 3 rings (SSSR count). The van der Waals surface area contributed by atoms with E-state index in [0.717, 1.165) is 30.6 Å². The molecule has 0 atom stereocenters. The number of nitrogens with one attached hydrogen (secondary N) is 2. The van der Waals surface area contributed by atoms with Crippen LogP contribution in [0.4, 0.5) is 16.2 Å². The van der Waals surface area contributed by atoms with Gasteiger partial charge in [0.05, 0.1) is 12.9 Å². The van der Waals surface area contributed by atoms with Crippen LogP contribution in [-0.4, -0.2) is 37.8 Å². The Hall–Kier alpha value is -2.74. The van der Waals surface area contributed by atoms with Crippen LogP contribution in [0.1, 0.15) is 25.3 Å². The number of aliphatic hydroxyl groups excluding tert-OH is 1. The molecule has 1 aromatic carbocycles. The first-order chi connectivity index (χ1) is 12.7. The molecule has 0 amide bonds. The summed E-state index contributed by atoms with van der Waals surface area (Å²) in [5.74, 6) is 0.729. The van der Waals surface area contributed by atoms with E-state index >= 15 is 0 Å². The highest BCUT2D eigenvalue weighted by Crippen LogP contribution is 2.22. The van der Waals surface area contributed by atoms with Crippen molar-refractivity contribution >= 4 is 22.9 Å². The number of aromatic nitrogens is 4. The maximum Gasteiger partial charge on any atom is 0.226 e. The summed E-state index contributed by atoms with van der Waals surface area (Å²) < 4.78 is 15.4. The number of nitrogens with zero attached hydrogens (tertiary/aromatic N) is 4. The number of unbranched alkanes of at least 4 members (excludes halogenated alkanes) is 1. The predicted molar refractivity (Wildman–Crippen MR) is 99.5 cm³/mol. The molecule has 0 aliphatic carbocycles. The predicted octanol–water partition coefficient (Wildman–Crippen LogP) is 2.78. The minimum Gasteiger partial charge on any atom is -0.395 e. The highest BCUT2D eigenvalue weighted by molar-refractivity contribution is 5.84. The molecular weight excluding hydrogens is 335 g/mol. The molecule has 7 nitrogen and oxygen atoms in total. The van der Waals surface area contributed by atoms with Gasteiger partial charge in [-0.05, 0) is 24.1 Å². The summed E-state index contributed by atoms with van der Waals surface area (Å²) in [7, 11) is 0. The smallest absolute Gasteiger partial charge is 0.226 e. The van der Waals surface area contributed by atoms with E-state index in [1.54, 1.807) is 12.4 Å². The Morgan fingerprint density at radius 2 is 2.12 bits per heavy atom. The van der Waals surface area contributed by atoms with Gasteiger partial charge >= 0.3 is 0 Å². The Labute approximate surface area is 151 Å². The fourth-order valence-corrected chi connectivity index (χ4v) is 2.64. The fourth-order valence-electron chi connectivity index (χ4n) is 2.64. The van der Waals surface area contributed by atoms with Crippen LogP contribution in [0.3, 0.4) is 0 Å². The zero-order valence-electron chi connectivity index (χ0n) is 14.7. The van der Waals surface area contributed by atoms with Crippen LogP contribution in [0.5, 0.6) is 0 Å². The van der Waals surface area contributed by atoms with Crippen molar-refractivity contribution in [3.8, 4) is 0 Å². The first-order valence-electron chi connectivity index (χ1n) is 8.77. The van der Waals surface area contributed by atoms with Gasteiger partial charge in [-0.1, -0.05) is 25.5 Å². The first-order valence-corrected chi connectivity index (χ1v) is 8.77. The van der Waals surface area contributed by atoms with E-state index in [4.69, 9.17) is 5.11 Å². The van der Waals surface area contributed by atoms with Gasteiger partial charge in [-0.3, -0.25) is 0 Å². The van der Waals surface area contributed by atoms with Crippen molar-refractivity contribution in [1.29, 1.82) is 0 Å². The van der Waals surface area contributed by atoms with Crippen molar-refractivity contribution in [1.82, 2.24) is 19.5 Å². The molecule has 138 valence electrons. The van der Waals surface area contributed by atoms with Crippen LogP contribution < -0.4 is 10.6 Å². The number of hydrogen-bond donors (Lipinski definition) is 3. The van der Waals surface area contributed by atoms with E-state index in [-0.39, 0.29) is 12.4 Å². The van der Waals surface area contributed by atoms with Crippen molar-refractivity contribution in [2.24, 2.45) is 0 Å². The van der Waals surface area contributed by atoms with Gasteiger partial charge in [0.25, 0.3) is 0 Å². The van der Waals surface area contributed by atoms with E-state index in [1.165, 1.54) is 12.1 Å². The molecule has 3 N–H and O–H groups in total. The van der Waals surface area contributed by atoms with Gasteiger partial charge in [0.1, 0.15) is 5.82 Å². The Morgan fingerprint density at radius 1 is 1.23 bits per heavy atom. The summed E-state index contributed by atoms with van der Waals surface area (Å²) in [6, 6.07) is 6.42. The molecule has 0 bridgehead atoms. The number of hydrogen-bond acceptors (Lipinski definition) is 6. The first kappa shape index (κ1) is 18.1. The molecule has 2 aromatic heterocycles. The molecule has 0 aliphatic rings. The highest BCUT2D eigenvalue weighted by atomic mass is 19.1. The second-order valence-corrected chi connectivity index (χ2v) is 5.99. The van der Waals surface area contributed by atoms with Gasteiger partial charge in [-0.25, -0.2) is 9.37 Å². The molecule has 2 heterocycles. The van der Waals surface area contributed by atoms with E-state index in [9.17, 15) is 4.39 Å². The van der Waals surface area contributed by atoms with Crippen molar-refractivity contribution < 1.29 is 9.50 Å². The highest BCUT2D eigenvalue weighted by Gasteiger charge is 2.13. The van der Waals surface area contributed by atoms with Gasteiger partial charge in [-0.2, -0.15) is 9.97 Å². The molecule has 8 heteroatoms. The molecule has 0 radical (unpaired) electrons. The zero-order valence-corrected chi connectivity index (χ0v) is 14.7. The summed E-state index contributed by atoms with van der Waals surface area (Å²) in [4.78, 5) is 13.4. The van der Waals surface area contributed by atoms with Crippen LogP contribution in [-0.2, 0) is 13.1 Å². The Kier molecular flexibility index (Phi) is 5.96.